The maximum Gasteiger partial charge on any atom is 0.214 e. The lowest BCUT2D eigenvalue weighted by Gasteiger charge is -1.60. The molecule has 0 aliphatic carbocycles. The van der Waals surface area contributed by atoms with Crippen LogP contribution in [-0.4, -0.2) is 18.1 Å². The Balaban J connectivity index is 0. The highest BCUT2D eigenvalue weighted by Gasteiger charge is 1.61. The van der Waals surface area contributed by atoms with Crippen LogP contribution >= 0.6 is 0 Å². The van der Waals surface area contributed by atoms with Gasteiger partial charge in [0, 0.05) is 14.0 Å². The summed E-state index contributed by atoms with van der Waals surface area (Å²) < 4.78 is 0. The van der Waals surface area contributed by atoms with E-state index in [1.807, 2.05) is 0 Å². The summed E-state index contributed by atoms with van der Waals surface area (Å²) in [6.07, 6.45) is 0. The number of aliphatic hydroxyl groups excluding tert-OH is 1. The highest BCUT2D eigenvalue weighted by Crippen LogP contribution is 1.33. The van der Waals surface area contributed by atoms with Crippen molar-refractivity contribution in [3.8, 4) is 0 Å². The zero-order valence-corrected chi connectivity index (χ0v) is 3.93. The van der Waals surface area contributed by atoms with E-state index in [-0.39, 0.29) is 5.91 Å². The average Bonchev–Trinajstić information content (AvgIpc) is 1.41. The van der Waals surface area contributed by atoms with Gasteiger partial charge in [-0.05, 0) is 0 Å². The zero-order chi connectivity index (χ0) is 5.58. The Morgan fingerprint density at radius 3 is 1.67 bits per heavy atom. The number of aliphatic hydroxyl groups is 1. The fourth-order valence-electron chi connectivity index (χ4n) is 0. The van der Waals surface area contributed by atoms with Gasteiger partial charge in [-0.25, -0.2) is 0 Å². The van der Waals surface area contributed by atoms with Crippen LogP contribution in [0.2, 0.25) is 0 Å². The molecule has 0 saturated heterocycles. The molecule has 0 aliphatic heterocycles. The Bertz CT molecular complexity index is 31.8. The molecule has 0 radical (unpaired) electrons. The van der Waals surface area contributed by atoms with E-state index in [9.17, 15) is 4.79 Å². The minimum absolute atomic E-state index is 0.333. The minimum atomic E-state index is -0.333. The molecule has 0 aromatic rings. The largest absolute Gasteiger partial charge is 0.400 e. The molecule has 0 aliphatic rings. The van der Waals surface area contributed by atoms with Crippen LogP contribution in [0.4, 0.5) is 0 Å². The highest BCUT2D eigenvalue weighted by molar-refractivity contribution is 5.70. The first-order chi connectivity index (χ1) is 2.73. The van der Waals surface area contributed by atoms with Gasteiger partial charge in [-0.1, -0.05) is 0 Å². The van der Waals surface area contributed by atoms with Crippen molar-refractivity contribution in [1.82, 2.24) is 0 Å². The molecule has 0 spiro atoms. The van der Waals surface area contributed by atoms with Gasteiger partial charge in [-0.3, -0.25) is 4.79 Å². The van der Waals surface area contributed by atoms with Crippen molar-refractivity contribution in [2.45, 2.75) is 6.92 Å². The fraction of sp³-hybridized carbons (Fsp3) is 0.667. The van der Waals surface area contributed by atoms with Crippen molar-refractivity contribution in [2.24, 2.45) is 5.73 Å². The van der Waals surface area contributed by atoms with Gasteiger partial charge in [0.1, 0.15) is 0 Å². The molecule has 0 fully saturated rings. The van der Waals surface area contributed by atoms with Crippen molar-refractivity contribution in [2.75, 3.05) is 7.11 Å². The number of primary amides is 1. The van der Waals surface area contributed by atoms with E-state index in [0.29, 0.717) is 0 Å². The third-order valence-electron chi connectivity index (χ3n) is 0. The summed E-state index contributed by atoms with van der Waals surface area (Å²) in [6, 6.07) is 0. The van der Waals surface area contributed by atoms with Gasteiger partial charge in [0.2, 0.25) is 5.91 Å². The van der Waals surface area contributed by atoms with E-state index < -0.39 is 0 Å². The molecule has 6 heavy (non-hydrogen) atoms. The first kappa shape index (κ1) is 9.06. The molecule has 1 amide bonds. The summed E-state index contributed by atoms with van der Waals surface area (Å²) >= 11 is 0. The molecule has 0 unspecified atom stereocenters. The summed E-state index contributed by atoms with van der Waals surface area (Å²) in [4.78, 5) is 9.22. The molecule has 3 N–H and O–H groups in total. The molecule has 38 valence electrons. The van der Waals surface area contributed by atoms with E-state index in [4.69, 9.17) is 5.11 Å². The third-order valence-corrected chi connectivity index (χ3v) is 0. The fourth-order valence-corrected chi connectivity index (χ4v) is 0. The van der Waals surface area contributed by atoms with Crippen LogP contribution in [0.15, 0.2) is 0 Å². The summed E-state index contributed by atoms with van der Waals surface area (Å²) in [6.45, 7) is 1.31. The first-order valence-electron chi connectivity index (χ1n) is 1.44. The molecule has 3 nitrogen and oxygen atoms in total. The Morgan fingerprint density at radius 1 is 1.67 bits per heavy atom. The SMILES string of the molecule is CC(N)=O.CO. The minimum Gasteiger partial charge on any atom is -0.400 e. The second kappa shape index (κ2) is 8.83. The molecular weight excluding hydrogens is 82.0 g/mol. The number of nitrogens with two attached hydrogens (primary N) is 1. The molecule has 0 bridgehead atoms. The van der Waals surface area contributed by atoms with Crippen LogP contribution in [-0.2, 0) is 4.79 Å². The maximum absolute atomic E-state index is 9.22. The lowest BCUT2D eigenvalue weighted by Crippen LogP contribution is -2.01. The molecule has 0 rings (SSSR count). The lowest BCUT2D eigenvalue weighted by atomic mass is 10.8. The highest BCUT2D eigenvalue weighted by atomic mass is 16.2. The number of rotatable bonds is 0. The van der Waals surface area contributed by atoms with E-state index in [1.165, 1.54) is 6.92 Å². The van der Waals surface area contributed by atoms with Crippen molar-refractivity contribution in [1.29, 1.82) is 0 Å². The van der Waals surface area contributed by atoms with Crippen molar-refractivity contribution < 1.29 is 9.90 Å². The van der Waals surface area contributed by atoms with Gasteiger partial charge in [-0.15, -0.1) is 0 Å². The Kier molecular flexibility index (Phi) is 13.3. The maximum atomic E-state index is 9.22. The molecule has 3 heteroatoms. The number of hydrogen-bond acceptors (Lipinski definition) is 2. The van der Waals surface area contributed by atoms with E-state index >= 15 is 0 Å². The predicted molar refractivity (Wildman–Crippen MR) is 23.0 cm³/mol. The topological polar surface area (TPSA) is 63.3 Å². The molecule has 0 aromatic carbocycles. The smallest absolute Gasteiger partial charge is 0.214 e. The number of amides is 1. The van der Waals surface area contributed by atoms with Crippen LogP contribution in [0.1, 0.15) is 6.92 Å². The molecule has 0 aromatic heterocycles. The second-order valence-electron chi connectivity index (χ2n) is 0.611. The standard InChI is InChI=1S/C2H5NO.CH4O/c1-2(3)4;1-2/h1H3,(H2,3,4);2H,1H3. The summed E-state index contributed by atoms with van der Waals surface area (Å²) in [5.41, 5.74) is 4.47. The Hall–Kier alpha value is -0.570. The molecule has 0 atom stereocenters. The third kappa shape index (κ3) is 62.3. The number of hydrogen-bond donors (Lipinski definition) is 2. The molecule has 0 heterocycles. The van der Waals surface area contributed by atoms with Crippen molar-refractivity contribution in [3.05, 3.63) is 0 Å². The molecular formula is C3H9NO2. The van der Waals surface area contributed by atoms with Crippen LogP contribution in [0.3, 0.4) is 0 Å². The summed E-state index contributed by atoms with van der Waals surface area (Å²) in [5.74, 6) is -0.333. The van der Waals surface area contributed by atoms with Crippen LogP contribution < -0.4 is 5.73 Å². The summed E-state index contributed by atoms with van der Waals surface area (Å²) in [7, 11) is 1.00. The normalized spacial score (nSPS) is 5.17. The number of carbonyl (C=O) groups is 1. The van der Waals surface area contributed by atoms with Gasteiger partial charge in [0.25, 0.3) is 0 Å². The first-order valence-corrected chi connectivity index (χ1v) is 1.44. The van der Waals surface area contributed by atoms with E-state index in [1.54, 1.807) is 0 Å². The van der Waals surface area contributed by atoms with Gasteiger partial charge in [0.15, 0.2) is 0 Å². The predicted octanol–water partition coefficient (Wildman–Crippen LogP) is -0.900. The van der Waals surface area contributed by atoms with Crippen LogP contribution in [0.25, 0.3) is 0 Å². The average molecular weight is 91.1 g/mol. The Morgan fingerprint density at radius 2 is 1.67 bits per heavy atom. The van der Waals surface area contributed by atoms with Crippen LogP contribution in [0, 0.1) is 0 Å². The van der Waals surface area contributed by atoms with E-state index in [0.717, 1.165) is 7.11 Å². The van der Waals surface area contributed by atoms with Gasteiger partial charge in [0.05, 0.1) is 0 Å². The summed E-state index contributed by atoms with van der Waals surface area (Å²) in [5, 5.41) is 7.00. The molecule has 0 saturated carbocycles. The van der Waals surface area contributed by atoms with Crippen LogP contribution in [0.5, 0.6) is 0 Å². The second-order valence-corrected chi connectivity index (χ2v) is 0.611. The van der Waals surface area contributed by atoms with Crippen molar-refractivity contribution >= 4 is 5.91 Å². The Labute approximate surface area is 36.8 Å². The monoisotopic (exact) mass is 91.1 g/mol. The van der Waals surface area contributed by atoms with Gasteiger partial charge >= 0.3 is 0 Å². The quantitative estimate of drug-likeness (QED) is 0.406. The van der Waals surface area contributed by atoms with E-state index in [2.05, 4.69) is 5.73 Å². The van der Waals surface area contributed by atoms with Crippen molar-refractivity contribution in [3.63, 3.8) is 0 Å². The lowest BCUT2D eigenvalue weighted by molar-refractivity contribution is -0.115. The van der Waals surface area contributed by atoms with Gasteiger partial charge < -0.3 is 10.8 Å². The van der Waals surface area contributed by atoms with Gasteiger partial charge in [-0.2, -0.15) is 0 Å². The zero-order valence-electron chi connectivity index (χ0n) is 3.93. The number of carbonyl (C=O) groups excluding carboxylic acids is 1.